The lowest BCUT2D eigenvalue weighted by Gasteiger charge is -2.18. The second kappa shape index (κ2) is 6.05. The van der Waals surface area contributed by atoms with Gasteiger partial charge < -0.3 is 20.6 Å². The Hall–Kier alpha value is -1.82. The fourth-order valence-corrected chi connectivity index (χ4v) is 1.43. The number of oxime groups is 1. The highest BCUT2D eigenvalue weighted by Crippen LogP contribution is 2.09. The maximum atomic E-state index is 8.56. The molecule has 0 saturated carbocycles. The number of aromatic nitrogens is 1. The molecule has 0 aliphatic carbocycles. The van der Waals surface area contributed by atoms with Crippen LogP contribution in [0.2, 0.25) is 0 Å². The maximum absolute atomic E-state index is 8.56. The summed E-state index contributed by atoms with van der Waals surface area (Å²) in [5, 5.41) is 11.5. The summed E-state index contributed by atoms with van der Waals surface area (Å²) in [7, 11) is 3.94. The molecule has 0 aliphatic rings. The van der Waals surface area contributed by atoms with Gasteiger partial charge in [0.15, 0.2) is 5.84 Å². The Morgan fingerprint density at radius 3 is 2.88 bits per heavy atom. The molecular formula is C11H18N4O2. The van der Waals surface area contributed by atoms with Crippen molar-refractivity contribution in [1.29, 1.82) is 0 Å². The highest BCUT2D eigenvalue weighted by atomic mass is 16.5. The molecule has 0 radical (unpaired) electrons. The zero-order valence-corrected chi connectivity index (χ0v) is 10.3. The molecule has 0 bridgehead atoms. The third-order valence-electron chi connectivity index (χ3n) is 2.04. The number of pyridine rings is 1. The molecular weight excluding hydrogens is 220 g/mol. The summed E-state index contributed by atoms with van der Waals surface area (Å²) in [5.74, 6) is 0.430. The fourth-order valence-electron chi connectivity index (χ4n) is 1.43. The minimum Gasteiger partial charge on any atom is -0.473 e. The Morgan fingerprint density at radius 1 is 1.59 bits per heavy atom. The van der Waals surface area contributed by atoms with E-state index in [9.17, 15) is 0 Å². The molecule has 17 heavy (non-hydrogen) atoms. The predicted molar refractivity (Wildman–Crippen MR) is 65.4 cm³/mol. The van der Waals surface area contributed by atoms with E-state index < -0.39 is 0 Å². The average Bonchev–Trinajstić information content (AvgIpc) is 2.27. The molecule has 0 spiro atoms. The monoisotopic (exact) mass is 238 g/mol. The average molecular weight is 238 g/mol. The van der Waals surface area contributed by atoms with Gasteiger partial charge in [0.1, 0.15) is 11.8 Å². The Bertz CT molecular complexity index is 393. The zero-order valence-electron chi connectivity index (χ0n) is 10.3. The van der Waals surface area contributed by atoms with Gasteiger partial charge in [-0.05, 0) is 27.1 Å². The van der Waals surface area contributed by atoms with Crippen molar-refractivity contribution >= 4 is 5.84 Å². The summed E-state index contributed by atoms with van der Waals surface area (Å²) >= 11 is 0. The highest BCUT2D eigenvalue weighted by molar-refractivity contribution is 5.95. The number of hydrogen-bond donors (Lipinski definition) is 2. The van der Waals surface area contributed by atoms with Crippen LogP contribution in [0.1, 0.15) is 12.6 Å². The molecule has 1 atom stereocenters. The molecule has 0 fully saturated rings. The number of nitrogens with two attached hydrogens (primary N) is 1. The van der Waals surface area contributed by atoms with Crippen molar-refractivity contribution in [3.63, 3.8) is 0 Å². The number of amidine groups is 1. The van der Waals surface area contributed by atoms with Crippen molar-refractivity contribution in [2.45, 2.75) is 13.0 Å². The molecule has 1 unspecified atom stereocenters. The van der Waals surface area contributed by atoms with Gasteiger partial charge in [-0.2, -0.15) is 0 Å². The topological polar surface area (TPSA) is 84.0 Å². The van der Waals surface area contributed by atoms with Gasteiger partial charge in [-0.25, -0.2) is 4.98 Å². The molecule has 6 heteroatoms. The number of ether oxygens (including phenoxy) is 1. The lowest BCUT2D eigenvalue weighted by atomic mass is 10.3. The van der Waals surface area contributed by atoms with Crippen LogP contribution in [0.25, 0.3) is 0 Å². The zero-order chi connectivity index (χ0) is 12.8. The molecule has 1 aromatic rings. The van der Waals surface area contributed by atoms with Gasteiger partial charge in [0, 0.05) is 12.6 Å². The second-order valence-electron chi connectivity index (χ2n) is 4.04. The van der Waals surface area contributed by atoms with Gasteiger partial charge in [0.05, 0.1) is 0 Å². The lowest BCUT2D eigenvalue weighted by molar-refractivity contribution is 0.170. The van der Waals surface area contributed by atoms with E-state index >= 15 is 0 Å². The summed E-state index contributed by atoms with van der Waals surface area (Å²) in [6, 6.07) is 5.14. The fraction of sp³-hybridized carbons (Fsp3) is 0.455. The van der Waals surface area contributed by atoms with E-state index in [1.165, 1.54) is 0 Å². The molecule has 94 valence electrons. The summed E-state index contributed by atoms with van der Waals surface area (Å²) in [4.78, 5) is 6.16. The van der Waals surface area contributed by atoms with Gasteiger partial charge in [-0.1, -0.05) is 11.2 Å². The van der Waals surface area contributed by atoms with Crippen molar-refractivity contribution in [1.82, 2.24) is 9.88 Å². The Labute approximate surface area is 101 Å². The number of rotatable bonds is 5. The normalized spacial score (nSPS) is 13.8. The minimum atomic E-state index is -0.0317. The first-order chi connectivity index (χ1) is 8.02. The first-order valence-corrected chi connectivity index (χ1v) is 5.29. The third-order valence-corrected chi connectivity index (χ3v) is 2.04. The molecule has 1 rings (SSSR count). The molecule has 0 aromatic carbocycles. The minimum absolute atomic E-state index is 0.0139. The Kier molecular flexibility index (Phi) is 4.71. The first kappa shape index (κ1) is 13.2. The van der Waals surface area contributed by atoms with E-state index in [2.05, 4.69) is 10.1 Å². The molecule has 0 amide bonds. The molecule has 3 N–H and O–H groups in total. The molecule has 0 saturated heterocycles. The summed E-state index contributed by atoms with van der Waals surface area (Å²) in [5.41, 5.74) is 5.84. The summed E-state index contributed by atoms with van der Waals surface area (Å²) < 4.78 is 5.62. The van der Waals surface area contributed by atoms with Crippen molar-refractivity contribution in [3.05, 3.63) is 23.9 Å². The Balaban J connectivity index is 2.72. The predicted octanol–water partition coefficient (Wildman–Crippen LogP) is 0.505. The molecule has 6 nitrogen and oxygen atoms in total. The lowest BCUT2D eigenvalue weighted by Crippen LogP contribution is -2.28. The van der Waals surface area contributed by atoms with E-state index in [0.717, 1.165) is 6.54 Å². The van der Waals surface area contributed by atoms with E-state index in [1.807, 2.05) is 25.9 Å². The Morgan fingerprint density at radius 2 is 2.29 bits per heavy atom. The largest absolute Gasteiger partial charge is 0.473 e. The van der Waals surface area contributed by atoms with Crippen molar-refractivity contribution in [2.75, 3.05) is 20.6 Å². The van der Waals surface area contributed by atoms with Crippen LogP contribution in [0.3, 0.4) is 0 Å². The van der Waals surface area contributed by atoms with E-state index in [-0.39, 0.29) is 11.9 Å². The second-order valence-corrected chi connectivity index (χ2v) is 4.04. The van der Waals surface area contributed by atoms with Crippen molar-refractivity contribution < 1.29 is 9.94 Å². The van der Waals surface area contributed by atoms with Crippen LogP contribution in [0.5, 0.6) is 5.88 Å². The summed E-state index contributed by atoms with van der Waals surface area (Å²) in [6.45, 7) is 2.74. The van der Waals surface area contributed by atoms with Crippen LogP contribution in [0, 0.1) is 0 Å². The van der Waals surface area contributed by atoms with E-state index in [0.29, 0.717) is 11.6 Å². The quantitative estimate of drug-likeness (QED) is 0.338. The van der Waals surface area contributed by atoms with Crippen LogP contribution in [-0.4, -0.2) is 47.7 Å². The van der Waals surface area contributed by atoms with Gasteiger partial charge in [0.25, 0.3) is 0 Å². The smallest absolute Gasteiger partial charge is 0.214 e. The highest BCUT2D eigenvalue weighted by Gasteiger charge is 2.08. The molecule has 1 aromatic heterocycles. The maximum Gasteiger partial charge on any atom is 0.214 e. The van der Waals surface area contributed by atoms with Crippen LogP contribution in [0.15, 0.2) is 23.4 Å². The van der Waals surface area contributed by atoms with Crippen molar-refractivity contribution in [3.8, 4) is 5.88 Å². The van der Waals surface area contributed by atoms with Crippen molar-refractivity contribution in [2.24, 2.45) is 10.9 Å². The van der Waals surface area contributed by atoms with Crippen LogP contribution >= 0.6 is 0 Å². The number of hydrogen-bond acceptors (Lipinski definition) is 5. The van der Waals surface area contributed by atoms with Crippen LogP contribution < -0.4 is 10.5 Å². The van der Waals surface area contributed by atoms with Gasteiger partial charge >= 0.3 is 0 Å². The van der Waals surface area contributed by atoms with Crippen LogP contribution in [-0.2, 0) is 0 Å². The van der Waals surface area contributed by atoms with Gasteiger partial charge in [-0.15, -0.1) is 0 Å². The van der Waals surface area contributed by atoms with E-state index in [4.69, 9.17) is 15.7 Å². The van der Waals surface area contributed by atoms with Gasteiger partial charge in [0.2, 0.25) is 5.88 Å². The van der Waals surface area contributed by atoms with E-state index in [1.54, 1.807) is 18.2 Å². The van der Waals surface area contributed by atoms with Crippen LogP contribution in [0.4, 0.5) is 0 Å². The number of likely N-dealkylation sites (N-methyl/N-ethyl adjacent to an activating group) is 1. The standard InChI is InChI=1S/C11H18N4O2/c1-8(7-15(2)3)17-10-6-4-5-9(13-10)11(12)14-16/h4-6,8,16H,7H2,1-3H3,(H2,12,14). The number of nitrogens with zero attached hydrogens (tertiary/aromatic N) is 3. The molecule has 1 heterocycles. The first-order valence-electron chi connectivity index (χ1n) is 5.29. The third kappa shape index (κ3) is 4.28. The summed E-state index contributed by atoms with van der Waals surface area (Å²) in [6.07, 6.45) is 0.0139. The SMILES string of the molecule is CC(CN(C)C)Oc1cccc(/C(N)=N/O)n1. The van der Waals surface area contributed by atoms with Gasteiger partial charge in [-0.3, -0.25) is 0 Å². The molecule has 0 aliphatic heterocycles.